The number of fused-ring (bicyclic) bond motifs is 1. The largest absolute Gasteiger partial charge is 0.392 e. The number of nitrogen functional groups attached to an aromatic ring is 1. The van der Waals surface area contributed by atoms with E-state index in [0.29, 0.717) is 65.5 Å². The number of hydrogen-bond acceptors (Lipinski definition) is 7. The molecule has 0 radical (unpaired) electrons. The van der Waals surface area contributed by atoms with E-state index in [4.69, 9.17) is 5.73 Å². The van der Waals surface area contributed by atoms with Gasteiger partial charge in [0.2, 0.25) is 5.95 Å². The molecule has 1 amide bonds. The van der Waals surface area contributed by atoms with Crippen LogP contribution in [0.15, 0.2) is 66.7 Å². The molecule has 1 fully saturated rings. The van der Waals surface area contributed by atoms with E-state index in [1.165, 1.54) is 0 Å². The Morgan fingerprint density at radius 1 is 0.829 bits per heavy atom. The zero-order chi connectivity index (χ0) is 24.4. The molecule has 2 heterocycles. The van der Waals surface area contributed by atoms with E-state index in [9.17, 15) is 15.0 Å². The van der Waals surface area contributed by atoms with E-state index >= 15 is 0 Å². The highest BCUT2D eigenvalue weighted by Gasteiger charge is 2.24. The van der Waals surface area contributed by atoms with Crippen molar-refractivity contribution in [3.8, 4) is 11.1 Å². The van der Waals surface area contributed by atoms with Gasteiger partial charge >= 0.3 is 0 Å². The van der Waals surface area contributed by atoms with Gasteiger partial charge in [-0.2, -0.15) is 4.98 Å². The van der Waals surface area contributed by atoms with Gasteiger partial charge in [0.15, 0.2) is 0 Å². The molecule has 4 N–H and O–H groups in total. The van der Waals surface area contributed by atoms with Gasteiger partial charge in [0.05, 0.1) is 18.7 Å². The summed E-state index contributed by atoms with van der Waals surface area (Å²) in [5.74, 6) is 0.823. The number of aliphatic hydroxyl groups is 2. The standard InChI is InChI=1S/C27H27N5O3/c28-25-23-14-21(16-33)22(17-34)15-24(23)29-27(30-25)32-12-10-31(11-13-32)26(35)20-8-6-19(7-9-20)18-4-2-1-3-5-18/h1-9,14-15,33-34H,10-13,16-17H2,(H2,28,29,30). The fourth-order valence-corrected chi connectivity index (χ4v) is 4.44. The number of nitrogens with two attached hydrogens (primary N) is 1. The van der Waals surface area contributed by atoms with E-state index < -0.39 is 0 Å². The summed E-state index contributed by atoms with van der Waals surface area (Å²) in [5, 5.41) is 19.8. The van der Waals surface area contributed by atoms with Crippen LogP contribution in [0, 0.1) is 0 Å². The van der Waals surface area contributed by atoms with Crippen molar-refractivity contribution in [1.82, 2.24) is 14.9 Å². The number of benzene rings is 3. The lowest BCUT2D eigenvalue weighted by Crippen LogP contribution is -2.49. The summed E-state index contributed by atoms with van der Waals surface area (Å²) >= 11 is 0. The molecule has 35 heavy (non-hydrogen) atoms. The molecule has 3 aromatic carbocycles. The predicted octanol–water partition coefficient (Wildman–Crippen LogP) is 2.83. The van der Waals surface area contributed by atoms with Crippen molar-refractivity contribution in [3.05, 3.63) is 83.4 Å². The first-order valence-electron chi connectivity index (χ1n) is 11.6. The number of aliphatic hydroxyl groups excluding tert-OH is 2. The second-order valence-electron chi connectivity index (χ2n) is 8.59. The Labute approximate surface area is 203 Å². The first-order valence-corrected chi connectivity index (χ1v) is 11.6. The predicted molar refractivity (Wildman–Crippen MR) is 136 cm³/mol. The minimum atomic E-state index is -0.196. The smallest absolute Gasteiger partial charge is 0.253 e. The summed E-state index contributed by atoms with van der Waals surface area (Å²) in [7, 11) is 0. The molecule has 1 saturated heterocycles. The van der Waals surface area contributed by atoms with Crippen LogP contribution in [0.25, 0.3) is 22.0 Å². The number of amides is 1. The molecule has 0 aliphatic carbocycles. The highest BCUT2D eigenvalue weighted by atomic mass is 16.3. The monoisotopic (exact) mass is 469 g/mol. The van der Waals surface area contributed by atoms with E-state index in [2.05, 4.69) is 9.97 Å². The van der Waals surface area contributed by atoms with Crippen LogP contribution in [0.3, 0.4) is 0 Å². The van der Waals surface area contributed by atoms with Crippen LogP contribution >= 0.6 is 0 Å². The molecule has 0 bridgehead atoms. The Bertz CT molecular complexity index is 1350. The van der Waals surface area contributed by atoms with Crippen LogP contribution in [0.1, 0.15) is 21.5 Å². The maximum absolute atomic E-state index is 13.1. The molecule has 8 nitrogen and oxygen atoms in total. The van der Waals surface area contributed by atoms with E-state index in [-0.39, 0.29) is 19.1 Å². The van der Waals surface area contributed by atoms with Crippen molar-refractivity contribution in [2.75, 3.05) is 36.8 Å². The van der Waals surface area contributed by atoms with Crippen molar-refractivity contribution in [2.24, 2.45) is 0 Å². The average molecular weight is 470 g/mol. The summed E-state index contributed by atoms with van der Waals surface area (Å²) in [6.45, 7) is 1.87. The van der Waals surface area contributed by atoms with Gasteiger partial charge < -0.3 is 25.7 Å². The number of carbonyl (C=O) groups is 1. The second-order valence-corrected chi connectivity index (χ2v) is 8.59. The minimum absolute atomic E-state index is 0.00678. The Kier molecular flexibility index (Phi) is 6.31. The molecule has 1 aliphatic rings. The van der Waals surface area contributed by atoms with Gasteiger partial charge in [-0.1, -0.05) is 42.5 Å². The van der Waals surface area contributed by atoms with Crippen LogP contribution in [-0.4, -0.2) is 57.2 Å². The molecule has 8 heteroatoms. The summed E-state index contributed by atoms with van der Waals surface area (Å²) in [4.78, 5) is 26.0. The van der Waals surface area contributed by atoms with E-state index in [1.807, 2.05) is 64.4 Å². The first-order chi connectivity index (χ1) is 17.1. The molecule has 4 aromatic rings. The number of aromatic nitrogens is 2. The van der Waals surface area contributed by atoms with Crippen LogP contribution in [-0.2, 0) is 13.2 Å². The molecule has 1 aliphatic heterocycles. The molecule has 0 spiro atoms. The third-order valence-electron chi connectivity index (χ3n) is 6.46. The number of nitrogens with zero attached hydrogens (tertiary/aromatic N) is 4. The quantitative estimate of drug-likeness (QED) is 0.412. The van der Waals surface area contributed by atoms with Gasteiger partial charge in [0.1, 0.15) is 5.82 Å². The maximum Gasteiger partial charge on any atom is 0.253 e. The zero-order valence-corrected chi connectivity index (χ0v) is 19.3. The van der Waals surface area contributed by atoms with Crippen molar-refractivity contribution in [3.63, 3.8) is 0 Å². The number of hydrogen-bond donors (Lipinski definition) is 3. The lowest BCUT2D eigenvalue weighted by molar-refractivity contribution is 0.0746. The number of rotatable bonds is 5. The maximum atomic E-state index is 13.1. The fraction of sp³-hybridized carbons (Fsp3) is 0.222. The number of piperazine rings is 1. The van der Waals surface area contributed by atoms with Crippen molar-refractivity contribution in [2.45, 2.75) is 13.2 Å². The average Bonchev–Trinajstić information content (AvgIpc) is 2.92. The lowest BCUT2D eigenvalue weighted by Gasteiger charge is -2.35. The van der Waals surface area contributed by atoms with Crippen LogP contribution in [0.4, 0.5) is 11.8 Å². The zero-order valence-electron chi connectivity index (χ0n) is 19.3. The Hall–Kier alpha value is -4.01. The van der Waals surface area contributed by atoms with Gasteiger partial charge in [-0.15, -0.1) is 0 Å². The van der Waals surface area contributed by atoms with Crippen molar-refractivity contribution in [1.29, 1.82) is 0 Å². The summed E-state index contributed by atoms with van der Waals surface area (Å²) in [6.07, 6.45) is 0. The van der Waals surface area contributed by atoms with Crippen LogP contribution < -0.4 is 10.6 Å². The van der Waals surface area contributed by atoms with Gasteiger partial charge in [0.25, 0.3) is 5.91 Å². The molecule has 0 saturated carbocycles. The molecule has 178 valence electrons. The summed E-state index contributed by atoms with van der Waals surface area (Å²) in [6, 6.07) is 21.3. The van der Waals surface area contributed by atoms with Crippen LogP contribution in [0.5, 0.6) is 0 Å². The third kappa shape index (κ3) is 4.53. The Morgan fingerprint density at radius 2 is 1.46 bits per heavy atom. The van der Waals surface area contributed by atoms with Crippen LogP contribution in [0.2, 0.25) is 0 Å². The molecular formula is C27H27N5O3. The topological polar surface area (TPSA) is 116 Å². The number of carbonyl (C=O) groups excluding carboxylic acids is 1. The first kappa shape index (κ1) is 22.8. The fourth-order valence-electron chi connectivity index (χ4n) is 4.44. The molecule has 5 rings (SSSR count). The van der Waals surface area contributed by atoms with E-state index in [0.717, 1.165) is 11.1 Å². The molecule has 1 aromatic heterocycles. The minimum Gasteiger partial charge on any atom is -0.392 e. The third-order valence-corrected chi connectivity index (χ3v) is 6.46. The SMILES string of the molecule is Nc1nc(N2CCN(C(=O)c3ccc(-c4ccccc4)cc3)CC2)nc2cc(CO)c(CO)cc12. The van der Waals surface area contributed by atoms with Crippen molar-refractivity contribution < 1.29 is 15.0 Å². The summed E-state index contributed by atoms with van der Waals surface area (Å²) in [5.41, 5.74) is 10.9. The van der Waals surface area contributed by atoms with Gasteiger partial charge in [-0.05, 0) is 46.5 Å². The normalized spacial score (nSPS) is 13.9. The van der Waals surface area contributed by atoms with Crippen molar-refractivity contribution >= 4 is 28.6 Å². The Balaban J connectivity index is 1.29. The highest BCUT2D eigenvalue weighted by Crippen LogP contribution is 2.26. The van der Waals surface area contributed by atoms with Gasteiger partial charge in [-0.25, -0.2) is 4.98 Å². The second kappa shape index (κ2) is 9.69. The van der Waals surface area contributed by atoms with Gasteiger partial charge in [-0.3, -0.25) is 4.79 Å². The molecule has 0 unspecified atom stereocenters. The van der Waals surface area contributed by atoms with E-state index in [1.54, 1.807) is 12.1 Å². The molecule has 0 atom stereocenters. The highest BCUT2D eigenvalue weighted by molar-refractivity contribution is 5.95. The summed E-state index contributed by atoms with van der Waals surface area (Å²) < 4.78 is 0. The molecular weight excluding hydrogens is 442 g/mol. The Morgan fingerprint density at radius 3 is 2.11 bits per heavy atom. The number of anilines is 2. The van der Waals surface area contributed by atoms with Gasteiger partial charge in [0, 0.05) is 37.1 Å². The lowest BCUT2D eigenvalue weighted by atomic mass is 10.0.